The van der Waals surface area contributed by atoms with E-state index in [0.717, 1.165) is 0 Å². The van der Waals surface area contributed by atoms with Crippen molar-refractivity contribution in [1.29, 1.82) is 0 Å². The van der Waals surface area contributed by atoms with Crippen molar-refractivity contribution in [2.24, 2.45) is 0 Å². The van der Waals surface area contributed by atoms with Gasteiger partial charge in [-0.25, -0.2) is 4.98 Å². The number of nitrogens with two attached hydrogens (primary N) is 1. The van der Waals surface area contributed by atoms with Crippen molar-refractivity contribution in [3.63, 3.8) is 0 Å². The van der Waals surface area contributed by atoms with Crippen molar-refractivity contribution in [3.8, 4) is 5.75 Å². The molecule has 2 N–H and O–H groups in total. The lowest BCUT2D eigenvalue weighted by molar-refractivity contribution is 0.409. The molecule has 0 aliphatic rings. The van der Waals surface area contributed by atoms with Gasteiger partial charge in [-0.3, -0.25) is 0 Å². The molecule has 0 radical (unpaired) electrons. The molecule has 0 aliphatic carbocycles. The average molecular weight is 285 g/mol. The van der Waals surface area contributed by atoms with Crippen molar-refractivity contribution in [1.82, 2.24) is 4.98 Å². The third kappa shape index (κ3) is 2.70. The lowest BCUT2D eigenvalue weighted by Gasteiger charge is -2.09. The first kappa shape index (κ1) is 12.4. The van der Waals surface area contributed by atoms with Gasteiger partial charge in [-0.15, -0.1) is 0 Å². The minimum absolute atomic E-state index is 0.0273. The maximum Gasteiger partial charge on any atom is 0.208 e. The van der Waals surface area contributed by atoms with Crippen LogP contribution >= 0.6 is 15.9 Å². The molecule has 1 heterocycles. The second-order valence-corrected chi connectivity index (χ2v) is 3.60. The standard InChI is InChI=1S/C11H10BrFN2O/c1-3-5-7(4-2)16-10-8(12)6-15-11(14)9(10)13/h3-6H,1-2H2,(H2,14,15)/b7-5+. The Hall–Kier alpha value is -1.62. The number of ether oxygens (including phenoxy) is 1. The highest BCUT2D eigenvalue weighted by Gasteiger charge is 2.13. The summed E-state index contributed by atoms with van der Waals surface area (Å²) in [5.74, 6) is -0.605. The summed E-state index contributed by atoms with van der Waals surface area (Å²) < 4.78 is 19.2. The number of nitrogen functional groups attached to an aromatic ring is 1. The molecule has 0 saturated heterocycles. The zero-order valence-electron chi connectivity index (χ0n) is 8.41. The van der Waals surface area contributed by atoms with E-state index in [4.69, 9.17) is 10.5 Å². The first-order chi connectivity index (χ1) is 7.60. The Morgan fingerprint density at radius 3 is 2.81 bits per heavy atom. The number of hydrogen-bond acceptors (Lipinski definition) is 3. The minimum atomic E-state index is -0.716. The summed E-state index contributed by atoms with van der Waals surface area (Å²) in [6.45, 7) is 7.04. The van der Waals surface area contributed by atoms with Gasteiger partial charge in [0.2, 0.25) is 5.82 Å². The predicted octanol–water partition coefficient (Wildman–Crippen LogP) is 3.20. The zero-order chi connectivity index (χ0) is 12.1. The van der Waals surface area contributed by atoms with Gasteiger partial charge in [0.05, 0.1) is 4.47 Å². The summed E-state index contributed by atoms with van der Waals surface area (Å²) in [5.41, 5.74) is 5.33. The van der Waals surface area contributed by atoms with Gasteiger partial charge in [-0.2, -0.15) is 4.39 Å². The first-order valence-electron chi connectivity index (χ1n) is 4.32. The van der Waals surface area contributed by atoms with Crippen LogP contribution in [0.25, 0.3) is 0 Å². The third-order valence-corrected chi connectivity index (χ3v) is 2.23. The fraction of sp³-hybridized carbons (Fsp3) is 0. The molecule has 0 aromatic carbocycles. The number of aromatic nitrogens is 1. The van der Waals surface area contributed by atoms with Gasteiger partial charge >= 0.3 is 0 Å². The Kier molecular flexibility index (Phi) is 4.25. The van der Waals surface area contributed by atoms with Crippen LogP contribution in [0.3, 0.4) is 0 Å². The Morgan fingerprint density at radius 1 is 1.56 bits per heavy atom. The lowest BCUT2D eigenvalue weighted by Crippen LogP contribution is -2.01. The molecule has 3 nitrogen and oxygen atoms in total. The third-order valence-electron chi connectivity index (χ3n) is 1.66. The van der Waals surface area contributed by atoms with Gasteiger partial charge in [0.25, 0.3) is 0 Å². The predicted molar refractivity (Wildman–Crippen MR) is 65.4 cm³/mol. The summed E-state index contributed by atoms with van der Waals surface area (Å²) in [7, 11) is 0. The van der Waals surface area contributed by atoms with Crippen LogP contribution in [0.5, 0.6) is 5.75 Å². The summed E-state index contributed by atoms with van der Waals surface area (Å²) >= 11 is 3.12. The molecule has 1 rings (SSSR count). The molecule has 0 aliphatic heterocycles. The van der Waals surface area contributed by atoms with Crippen molar-refractivity contribution in [2.45, 2.75) is 0 Å². The van der Waals surface area contributed by atoms with Crippen LogP contribution in [-0.4, -0.2) is 4.98 Å². The number of nitrogens with zero attached hydrogens (tertiary/aromatic N) is 1. The van der Waals surface area contributed by atoms with Crippen LogP contribution in [-0.2, 0) is 0 Å². The maximum absolute atomic E-state index is 13.6. The van der Waals surface area contributed by atoms with Crippen LogP contribution in [0, 0.1) is 5.82 Å². The number of allylic oxidation sites excluding steroid dienone is 3. The molecule has 5 heteroatoms. The molecule has 16 heavy (non-hydrogen) atoms. The highest BCUT2D eigenvalue weighted by Crippen LogP contribution is 2.31. The zero-order valence-corrected chi connectivity index (χ0v) is 10.00. The number of hydrogen-bond donors (Lipinski definition) is 1. The Balaban J connectivity index is 3.14. The van der Waals surface area contributed by atoms with Crippen molar-refractivity contribution in [2.75, 3.05) is 5.73 Å². The molecule has 0 atom stereocenters. The quantitative estimate of drug-likeness (QED) is 0.682. The van der Waals surface area contributed by atoms with E-state index in [0.29, 0.717) is 10.2 Å². The van der Waals surface area contributed by atoms with Gasteiger partial charge in [-0.05, 0) is 28.1 Å². The van der Waals surface area contributed by atoms with Gasteiger partial charge < -0.3 is 10.5 Å². The highest BCUT2D eigenvalue weighted by atomic mass is 79.9. The Labute approximate surface area is 101 Å². The smallest absolute Gasteiger partial charge is 0.208 e. The highest BCUT2D eigenvalue weighted by molar-refractivity contribution is 9.10. The molecular weight excluding hydrogens is 275 g/mol. The van der Waals surface area contributed by atoms with Crippen LogP contribution in [0.15, 0.2) is 47.8 Å². The molecule has 0 spiro atoms. The largest absolute Gasteiger partial charge is 0.453 e. The second kappa shape index (κ2) is 5.46. The summed E-state index contributed by atoms with van der Waals surface area (Å²) in [6, 6.07) is 0. The van der Waals surface area contributed by atoms with E-state index >= 15 is 0 Å². The number of pyridine rings is 1. The van der Waals surface area contributed by atoms with Crippen LogP contribution < -0.4 is 10.5 Å². The first-order valence-corrected chi connectivity index (χ1v) is 5.12. The van der Waals surface area contributed by atoms with Crippen molar-refractivity contribution >= 4 is 21.7 Å². The molecule has 0 amide bonds. The van der Waals surface area contributed by atoms with Crippen LogP contribution in [0.1, 0.15) is 0 Å². The molecule has 1 aromatic rings. The van der Waals surface area contributed by atoms with E-state index in [1.165, 1.54) is 18.3 Å². The fourth-order valence-corrected chi connectivity index (χ4v) is 1.29. The van der Waals surface area contributed by atoms with Crippen molar-refractivity contribution in [3.05, 3.63) is 53.6 Å². The monoisotopic (exact) mass is 284 g/mol. The number of rotatable bonds is 4. The molecule has 0 unspecified atom stereocenters. The molecular formula is C11H10BrFN2O. The Morgan fingerprint density at radius 2 is 2.25 bits per heavy atom. The number of halogens is 2. The van der Waals surface area contributed by atoms with E-state index in [-0.39, 0.29) is 11.6 Å². The van der Waals surface area contributed by atoms with E-state index in [2.05, 4.69) is 34.1 Å². The molecule has 1 aromatic heterocycles. The maximum atomic E-state index is 13.6. The molecule has 0 fully saturated rings. The van der Waals surface area contributed by atoms with E-state index < -0.39 is 5.82 Å². The molecule has 84 valence electrons. The lowest BCUT2D eigenvalue weighted by atomic mass is 10.4. The van der Waals surface area contributed by atoms with Crippen LogP contribution in [0.2, 0.25) is 0 Å². The van der Waals surface area contributed by atoms with Gasteiger partial charge in [0, 0.05) is 6.20 Å². The van der Waals surface area contributed by atoms with Crippen LogP contribution in [0.4, 0.5) is 10.2 Å². The second-order valence-electron chi connectivity index (χ2n) is 2.75. The summed E-state index contributed by atoms with van der Waals surface area (Å²) in [5, 5.41) is 0. The SMILES string of the molecule is C=C/C=C(\C=C)Oc1c(Br)cnc(N)c1F. The average Bonchev–Trinajstić information content (AvgIpc) is 2.28. The van der Waals surface area contributed by atoms with Gasteiger partial charge in [0.15, 0.2) is 11.6 Å². The van der Waals surface area contributed by atoms with E-state index in [1.54, 1.807) is 6.08 Å². The Bertz CT molecular complexity index is 458. The number of anilines is 1. The van der Waals surface area contributed by atoms with E-state index in [9.17, 15) is 4.39 Å². The van der Waals surface area contributed by atoms with E-state index in [1.807, 2.05) is 0 Å². The summed E-state index contributed by atoms with van der Waals surface area (Å²) in [6.07, 6.45) is 5.86. The van der Waals surface area contributed by atoms with Gasteiger partial charge in [-0.1, -0.05) is 19.2 Å². The minimum Gasteiger partial charge on any atom is -0.453 e. The van der Waals surface area contributed by atoms with Crippen molar-refractivity contribution < 1.29 is 9.13 Å². The molecule has 0 bridgehead atoms. The summed E-state index contributed by atoms with van der Waals surface area (Å²) in [4.78, 5) is 3.63. The molecule has 0 saturated carbocycles. The normalized spacial score (nSPS) is 11.0. The topological polar surface area (TPSA) is 48.1 Å². The fourth-order valence-electron chi connectivity index (χ4n) is 0.934. The van der Waals surface area contributed by atoms with Gasteiger partial charge in [0.1, 0.15) is 5.76 Å².